The number of nitrogens with one attached hydrogen (secondary N) is 1. The summed E-state index contributed by atoms with van der Waals surface area (Å²) < 4.78 is 0. The zero-order valence-electron chi connectivity index (χ0n) is 13.9. The van der Waals surface area contributed by atoms with Gasteiger partial charge in [0, 0.05) is 12.1 Å². The van der Waals surface area contributed by atoms with Crippen LogP contribution >= 0.6 is 0 Å². The highest BCUT2D eigenvalue weighted by atomic mass is 14.9. The van der Waals surface area contributed by atoms with E-state index in [4.69, 9.17) is 4.98 Å². The molecule has 0 fully saturated rings. The lowest BCUT2D eigenvalue weighted by Gasteiger charge is -2.02. The smallest absolute Gasteiger partial charge is 0.106 e. The Labute approximate surface area is 125 Å². The molecule has 0 amide bonds. The highest BCUT2D eigenvalue weighted by Crippen LogP contribution is 2.15. The van der Waals surface area contributed by atoms with Gasteiger partial charge < -0.3 is 4.98 Å². The fourth-order valence-electron chi connectivity index (χ4n) is 2.67. The van der Waals surface area contributed by atoms with Gasteiger partial charge in [-0.15, -0.1) is 0 Å². The van der Waals surface area contributed by atoms with Crippen molar-refractivity contribution in [2.45, 2.75) is 97.8 Å². The van der Waals surface area contributed by atoms with Crippen LogP contribution < -0.4 is 0 Å². The Bertz CT molecular complexity index is 314. The first-order valence-electron chi connectivity index (χ1n) is 8.88. The average Bonchev–Trinajstić information content (AvgIpc) is 2.82. The van der Waals surface area contributed by atoms with Crippen LogP contribution in [-0.4, -0.2) is 9.97 Å². The number of unbranched alkanes of at least 4 members (excludes halogenated alkanes) is 6. The first kappa shape index (κ1) is 17.3. The third-order valence-electron chi connectivity index (χ3n) is 3.98. The van der Waals surface area contributed by atoms with Crippen LogP contribution in [0.3, 0.4) is 0 Å². The van der Waals surface area contributed by atoms with Gasteiger partial charge in [-0.05, 0) is 32.1 Å². The molecule has 116 valence electrons. The minimum atomic E-state index is 1.13. The van der Waals surface area contributed by atoms with Crippen LogP contribution in [0, 0.1) is 0 Å². The van der Waals surface area contributed by atoms with Crippen LogP contribution in [-0.2, 0) is 19.3 Å². The Morgan fingerprint density at radius 2 is 1.25 bits per heavy atom. The second-order valence-corrected chi connectivity index (χ2v) is 5.98. The molecule has 0 saturated carbocycles. The van der Waals surface area contributed by atoms with Gasteiger partial charge in [-0.1, -0.05) is 59.3 Å². The topological polar surface area (TPSA) is 28.7 Å². The van der Waals surface area contributed by atoms with E-state index in [0.717, 1.165) is 6.42 Å². The van der Waals surface area contributed by atoms with Crippen molar-refractivity contribution in [1.82, 2.24) is 9.97 Å². The fourth-order valence-corrected chi connectivity index (χ4v) is 2.67. The lowest BCUT2D eigenvalue weighted by molar-refractivity contribution is 0.683. The molecule has 1 aromatic heterocycles. The number of aryl methyl sites for hydroxylation is 3. The summed E-state index contributed by atoms with van der Waals surface area (Å²) in [7, 11) is 0. The molecule has 20 heavy (non-hydrogen) atoms. The molecule has 0 spiro atoms. The average molecular weight is 278 g/mol. The maximum atomic E-state index is 4.88. The Hall–Kier alpha value is -0.790. The second kappa shape index (κ2) is 10.9. The van der Waals surface area contributed by atoms with Crippen molar-refractivity contribution in [2.75, 3.05) is 0 Å². The Kier molecular flexibility index (Phi) is 9.44. The van der Waals surface area contributed by atoms with Crippen LogP contribution in [0.5, 0.6) is 0 Å². The quantitative estimate of drug-likeness (QED) is 0.495. The number of aromatic nitrogens is 2. The van der Waals surface area contributed by atoms with Crippen LogP contribution in [0.15, 0.2) is 0 Å². The largest absolute Gasteiger partial charge is 0.346 e. The molecule has 0 radical (unpaired) electrons. The molecule has 1 aromatic rings. The van der Waals surface area contributed by atoms with E-state index in [9.17, 15) is 0 Å². The van der Waals surface area contributed by atoms with Gasteiger partial charge in [-0.2, -0.15) is 0 Å². The molecule has 0 atom stereocenters. The molecule has 0 bridgehead atoms. The standard InChI is InChI=1S/C18H34N2/c1-4-7-10-13-16-17(14-11-8-5-2)20-18(19-16)15-12-9-6-3/h4-15H2,1-3H3,(H,19,20). The summed E-state index contributed by atoms with van der Waals surface area (Å²) in [5.74, 6) is 1.23. The zero-order chi connectivity index (χ0) is 14.6. The maximum Gasteiger partial charge on any atom is 0.106 e. The summed E-state index contributed by atoms with van der Waals surface area (Å²) in [5.41, 5.74) is 2.79. The minimum absolute atomic E-state index is 1.13. The normalized spacial score (nSPS) is 11.2. The van der Waals surface area contributed by atoms with Crippen molar-refractivity contribution in [2.24, 2.45) is 0 Å². The van der Waals surface area contributed by atoms with E-state index in [0.29, 0.717) is 0 Å². The van der Waals surface area contributed by atoms with Crippen LogP contribution in [0.25, 0.3) is 0 Å². The van der Waals surface area contributed by atoms with Crippen LogP contribution in [0.2, 0.25) is 0 Å². The number of hydrogen-bond donors (Lipinski definition) is 1. The van der Waals surface area contributed by atoms with Gasteiger partial charge in [-0.3, -0.25) is 0 Å². The molecular weight excluding hydrogens is 244 g/mol. The van der Waals surface area contributed by atoms with Crippen molar-refractivity contribution in [3.8, 4) is 0 Å². The first-order valence-corrected chi connectivity index (χ1v) is 8.88. The summed E-state index contributed by atoms with van der Waals surface area (Å²) >= 11 is 0. The molecule has 1 heterocycles. The van der Waals surface area contributed by atoms with Gasteiger partial charge >= 0.3 is 0 Å². The third kappa shape index (κ3) is 6.58. The fraction of sp³-hybridized carbons (Fsp3) is 0.833. The predicted octanol–water partition coefficient (Wildman–Crippen LogP) is 5.61. The van der Waals surface area contributed by atoms with E-state index >= 15 is 0 Å². The number of rotatable bonds is 12. The molecule has 0 saturated heterocycles. The first-order chi connectivity index (χ1) is 9.81. The number of hydrogen-bond acceptors (Lipinski definition) is 1. The van der Waals surface area contributed by atoms with Crippen molar-refractivity contribution < 1.29 is 0 Å². The van der Waals surface area contributed by atoms with Crippen LogP contribution in [0.1, 0.15) is 95.8 Å². The molecular formula is C18H34N2. The summed E-state index contributed by atoms with van der Waals surface area (Å²) in [6.45, 7) is 6.79. The van der Waals surface area contributed by atoms with E-state index in [-0.39, 0.29) is 0 Å². The molecule has 0 aliphatic heterocycles. The van der Waals surface area contributed by atoms with E-state index < -0.39 is 0 Å². The number of nitrogens with zero attached hydrogens (tertiary/aromatic N) is 1. The highest BCUT2D eigenvalue weighted by Gasteiger charge is 2.09. The molecule has 2 nitrogen and oxygen atoms in total. The maximum absolute atomic E-state index is 4.88. The SMILES string of the molecule is CCCCCc1nc(CCCCC)c(CCCCC)[nH]1. The highest BCUT2D eigenvalue weighted by molar-refractivity contribution is 5.15. The Morgan fingerprint density at radius 1 is 0.700 bits per heavy atom. The van der Waals surface area contributed by atoms with E-state index in [2.05, 4.69) is 25.8 Å². The van der Waals surface area contributed by atoms with Gasteiger partial charge in [-0.25, -0.2) is 4.98 Å². The van der Waals surface area contributed by atoms with Gasteiger partial charge in [0.25, 0.3) is 0 Å². The zero-order valence-corrected chi connectivity index (χ0v) is 13.9. The molecule has 0 aromatic carbocycles. The second-order valence-electron chi connectivity index (χ2n) is 5.98. The van der Waals surface area contributed by atoms with Gasteiger partial charge in [0.2, 0.25) is 0 Å². The minimum Gasteiger partial charge on any atom is -0.346 e. The van der Waals surface area contributed by atoms with Crippen molar-refractivity contribution in [3.05, 3.63) is 17.2 Å². The Morgan fingerprint density at radius 3 is 1.85 bits per heavy atom. The van der Waals surface area contributed by atoms with E-state index in [1.165, 1.54) is 87.8 Å². The van der Waals surface area contributed by atoms with E-state index in [1.807, 2.05) is 0 Å². The third-order valence-corrected chi connectivity index (χ3v) is 3.98. The summed E-state index contributed by atoms with van der Waals surface area (Å²) in [6.07, 6.45) is 15.2. The predicted molar refractivity (Wildman–Crippen MR) is 88.3 cm³/mol. The van der Waals surface area contributed by atoms with Crippen molar-refractivity contribution in [3.63, 3.8) is 0 Å². The Balaban J connectivity index is 2.55. The van der Waals surface area contributed by atoms with Gasteiger partial charge in [0.05, 0.1) is 5.69 Å². The molecule has 1 N–H and O–H groups in total. The number of aromatic amines is 1. The molecule has 1 rings (SSSR count). The number of imidazole rings is 1. The summed E-state index contributed by atoms with van der Waals surface area (Å²) in [6, 6.07) is 0. The van der Waals surface area contributed by atoms with Crippen LogP contribution in [0.4, 0.5) is 0 Å². The van der Waals surface area contributed by atoms with Crippen molar-refractivity contribution >= 4 is 0 Å². The van der Waals surface area contributed by atoms with Gasteiger partial charge in [0.1, 0.15) is 5.82 Å². The molecule has 0 aliphatic carbocycles. The monoisotopic (exact) mass is 278 g/mol. The van der Waals surface area contributed by atoms with Gasteiger partial charge in [0.15, 0.2) is 0 Å². The molecule has 0 unspecified atom stereocenters. The van der Waals surface area contributed by atoms with Crippen molar-refractivity contribution in [1.29, 1.82) is 0 Å². The van der Waals surface area contributed by atoms with E-state index in [1.54, 1.807) is 0 Å². The molecule has 0 aliphatic rings. The summed E-state index contributed by atoms with van der Waals surface area (Å²) in [4.78, 5) is 8.49. The lowest BCUT2D eigenvalue weighted by Crippen LogP contribution is -1.94. The molecule has 2 heteroatoms. The summed E-state index contributed by atoms with van der Waals surface area (Å²) in [5, 5.41) is 0. The lowest BCUT2D eigenvalue weighted by atomic mass is 10.1. The number of H-pyrrole nitrogens is 1.